The van der Waals surface area contributed by atoms with Gasteiger partial charge < -0.3 is 9.47 Å². The highest BCUT2D eigenvalue weighted by Crippen LogP contribution is 2.40. The minimum Gasteiger partial charge on any atom is -0.497 e. The third-order valence-corrected chi connectivity index (χ3v) is 4.78. The Labute approximate surface area is 130 Å². The quantitative estimate of drug-likeness (QED) is 0.635. The molecule has 0 fully saturated rings. The third kappa shape index (κ3) is 2.41. The van der Waals surface area contributed by atoms with Crippen molar-refractivity contribution in [2.45, 2.75) is 0 Å². The van der Waals surface area contributed by atoms with Crippen molar-refractivity contribution in [2.75, 3.05) is 14.2 Å². The first-order valence-electron chi connectivity index (χ1n) is 6.13. The molecule has 0 atom stereocenters. The second kappa shape index (κ2) is 5.46. The molecular weight excluding hydrogens is 336 g/mol. The lowest BCUT2D eigenvalue weighted by Crippen LogP contribution is -1.85. The van der Waals surface area contributed by atoms with Gasteiger partial charge in [-0.3, -0.25) is 0 Å². The van der Waals surface area contributed by atoms with Crippen LogP contribution in [0.15, 0.2) is 46.9 Å². The molecule has 102 valence electrons. The SMILES string of the molecule is COc1ccc2cc(-c3ccc(Br)cc3OC)sc2c1. The van der Waals surface area contributed by atoms with Crippen LogP contribution in [0.2, 0.25) is 0 Å². The van der Waals surface area contributed by atoms with Gasteiger partial charge in [0.15, 0.2) is 0 Å². The fraction of sp³-hybridized carbons (Fsp3) is 0.125. The molecular formula is C16H13BrO2S. The molecule has 0 aliphatic rings. The molecule has 1 heterocycles. The minimum absolute atomic E-state index is 0.873. The van der Waals surface area contributed by atoms with Gasteiger partial charge in [0.05, 0.1) is 14.2 Å². The van der Waals surface area contributed by atoms with E-state index in [-0.39, 0.29) is 0 Å². The Bertz CT molecular complexity index is 764. The van der Waals surface area contributed by atoms with Crippen molar-refractivity contribution >= 4 is 37.4 Å². The van der Waals surface area contributed by atoms with E-state index in [1.807, 2.05) is 18.2 Å². The van der Waals surface area contributed by atoms with Gasteiger partial charge in [-0.05, 0) is 47.9 Å². The van der Waals surface area contributed by atoms with Crippen molar-refractivity contribution in [3.63, 3.8) is 0 Å². The summed E-state index contributed by atoms with van der Waals surface area (Å²) in [5.41, 5.74) is 1.11. The highest BCUT2D eigenvalue weighted by Gasteiger charge is 2.10. The largest absolute Gasteiger partial charge is 0.497 e. The molecule has 0 bridgehead atoms. The van der Waals surface area contributed by atoms with Gasteiger partial charge in [0.2, 0.25) is 0 Å². The zero-order chi connectivity index (χ0) is 14.1. The molecule has 0 saturated carbocycles. The maximum Gasteiger partial charge on any atom is 0.128 e. The van der Waals surface area contributed by atoms with E-state index >= 15 is 0 Å². The minimum atomic E-state index is 0.873. The molecule has 4 heteroatoms. The average molecular weight is 349 g/mol. The number of benzene rings is 2. The number of rotatable bonds is 3. The summed E-state index contributed by atoms with van der Waals surface area (Å²) in [6, 6.07) is 14.4. The molecule has 1 aromatic heterocycles. The Morgan fingerprint density at radius 1 is 0.950 bits per heavy atom. The number of halogens is 1. The Hall–Kier alpha value is -1.52. The lowest BCUT2D eigenvalue weighted by Gasteiger charge is -2.06. The summed E-state index contributed by atoms with van der Waals surface area (Å²) in [5, 5.41) is 1.22. The molecule has 0 amide bonds. The molecule has 0 spiro atoms. The summed E-state index contributed by atoms with van der Waals surface area (Å²) in [4.78, 5) is 1.19. The van der Waals surface area contributed by atoms with Crippen LogP contribution in [-0.4, -0.2) is 14.2 Å². The first-order chi connectivity index (χ1) is 9.71. The van der Waals surface area contributed by atoms with Crippen LogP contribution in [0.3, 0.4) is 0 Å². The third-order valence-electron chi connectivity index (χ3n) is 3.16. The second-order valence-corrected chi connectivity index (χ2v) is 6.36. The molecule has 20 heavy (non-hydrogen) atoms. The van der Waals surface area contributed by atoms with E-state index in [2.05, 4.69) is 40.2 Å². The Balaban J connectivity index is 2.14. The maximum absolute atomic E-state index is 5.47. The van der Waals surface area contributed by atoms with E-state index < -0.39 is 0 Å². The number of methoxy groups -OCH3 is 2. The van der Waals surface area contributed by atoms with E-state index in [4.69, 9.17) is 9.47 Å². The average Bonchev–Trinajstić information content (AvgIpc) is 2.89. The molecule has 0 aliphatic carbocycles. The van der Waals surface area contributed by atoms with Crippen LogP contribution >= 0.6 is 27.3 Å². The molecule has 0 saturated heterocycles. The van der Waals surface area contributed by atoms with Gasteiger partial charge in [0.25, 0.3) is 0 Å². The smallest absolute Gasteiger partial charge is 0.128 e. The van der Waals surface area contributed by atoms with Gasteiger partial charge in [0, 0.05) is 19.6 Å². The number of hydrogen-bond acceptors (Lipinski definition) is 3. The van der Waals surface area contributed by atoms with Crippen LogP contribution in [0.1, 0.15) is 0 Å². The zero-order valence-corrected chi connectivity index (χ0v) is 13.5. The fourth-order valence-electron chi connectivity index (χ4n) is 2.14. The second-order valence-electron chi connectivity index (χ2n) is 4.36. The van der Waals surface area contributed by atoms with Crippen LogP contribution in [0, 0.1) is 0 Å². The number of ether oxygens (including phenoxy) is 2. The van der Waals surface area contributed by atoms with Crippen LogP contribution in [0.4, 0.5) is 0 Å². The summed E-state index contributed by atoms with van der Waals surface area (Å²) in [6.07, 6.45) is 0. The Kier molecular flexibility index (Phi) is 3.68. The predicted octanol–water partition coefficient (Wildman–Crippen LogP) is 5.35. The first-order valence-corrected chi connectivity index (χ1v) is 7.73. The van der Waals surface area contributed by atoms with E-state index in [0.717, 1.165) is 21.5 Å². The van der Waals surface area contributed by atoms with E-state index in [0.29, 0.717) is 0 Å². The maximum atomic E-state index is 5.47. The van der Waals surface area contributed by atoms with Crippen LogP contribution in [0.5, 0.6) is 11.5 Å². The van der Waals surface area contributed by atoms with Gasteiger partial charge in [-0.25, -0.2) is 0 Å². The number of thiophene rings is 1. The van der Waals surface area contributed by atoms with Gasteiger partial charge in [0.1, 0.15) is 11.5 Å². The van der Waals surface area contributed by atoms with E-state index in [9.17, 15) is 0 Å². The zero-order valence-electron chi connectivity index (χ0n) is 11.1. The molecule has 0 unspecified atom stereocenters. The van der Waals surface area contributed by atoms with Crippen molar-refractivity contribution in [1.29, 1.82) is 0 Å². The highest BCUT2D eigenvalue weighted by atomic mass is 79.9. The Morgan fingerprint density at radius 2 is 1.80 bits per heavy atom. The fourth-order valence-corrected chi connectivity index (χ4v) is 3.60. The van der Waals surface area contributed by atoms with Crippen molar-refractivity contribution in [3.05, 3.63) is 46.9 Å². The summed E-state index contributed by atoms with van der Waals surface area (Å²) in [5.74, 6) is 1.76. The monoisotopic (exact) mass is 348 g/mol. The molecule has 0 aliphatic heterocycles. The predicted molar refractivity (Wildman–Crippen MR) is 88.1 cm³/mol. The highest BCUT2D eigenvalue weighted by molar-refractivity contribution is 9.10. The molecule has 3 aromatic rings. The van der Waals surface area contributed by atoms with E-state index in [1.54, 1.807) is 25.6 Å². The van der Waals surface area contributed by atoms with Gasteiger partial charge in [-0.1, -0.05) is 15.9 Å². The molecule has 2 aromatic carbocycles. The van der Waals surface area contributed by atoms with Crippen LogP contribution < -0.4 is 9.47 Å². The van der Waals surface area contributed by atoms with Gasteiger partial charge in [-0.15, -0.1) is 11.3 Å². The summed E-state index contributed by atoms with van der Waals surface area (Å²) in [6.45, 7) is 0. The van der Waals surface area contributed by atoms with Crippen molar-refractivity contribution in [1.82, 2.24) is 0 Å². The van der Waals surface area contributed by atoms with Gasteiger partial charge >= 0.3 is 0 Å². The lowest BCUT2D eigenvalue weighted by atomic mass is 10.1. The van der Waals surface area contributed by atoms with E-state index in [1.165, 1.54) is 15.0 Å². The van der Waals surface area contributed by atoms with Crippen LogP contribution in [0.25, 0.3) is 20.5 Å². The lowest BCUT2D eigenvalue weighted by molar-refractivity contribution is 0.415. The van der Waals surface area contributed by atoms with Crippen LogP contribution in [-0.2, 0) is 0 Å². The normalized spacial score (nSPS) is 10.8. The summed E-state index contributed by atoms with van der Waals surface area (Å²) >= 11 is 5.21. The summed E-state index contributed by atoms with van der Waals surface area (Å²) in [7, 11) is 3.38. The molecule has 2 nitrogen and oxygen atoms in total. The number of hydrogen-bond donors (Lipinski definition) is 0. The number of fused-ring (bicyclic) bond motifs is 1. The standard InChI is InChI=1S/C16H13BrO2S/c1-18-12-5-3-10-7-16(20-15(10)9-12)13-6-4-11(17)8-14(13)19-2/h3-9H,1-2H3. The molecule has 0 N–H and O–H groups in total. The molecule has 0 radical (unpaired) electrons. The van der Waals surface area contributed by atoms with Crippen molar-refractivity contribution in [2.24, 2.45) is 0 Å². The summed E-state index contributed by atoms with van der Waals surface area (Å²) < 4.78 is 13.0. The first kappa shape index (κ1) is 13.5. The van der Waals surface area contributed by atoms with Crippen molar-refractivity contribution in [3.8, 4) is 21.9 Å². The topological polar surface area (TPSA) is 18.5 Å². The van der Waals surface area contributed by atoms with Crippen molar-refractivity contribution < 1.29 is 9.47 Å². The van der Waals surface area contributed by atoms with Gasteiger partial charge in [-0.2, -0.15) is 0 Å². The Morgan fingerprint density at radius 3 is 2.55 bits per heavy atom. The molecule has 3 rings (SSSR count).